The molecule has 8 N–H and O–H groups in total. The van der Waals surface area contributed by atoms with E-state index in [1.54, 1.807) is 0 Å². The Morgan fingerprint density at radius 1 is 0.800 bits per heavy atom. The normalized spacial score (nSPS) is 48.0. The molecule has 2 fully saturated rings. The molecule has 148 valence electrons. The first-order valence-corrected chi connectivity index (χ1v) is 7.97. The maximum absolute atomic E-state index is 10.0. The van der Waals surface area contributed by atoms with Crippen LogP contribution in [0.3, 0.4) is 0 Å². The van der Waals surface area contributed by atoms with Gasteiger partial charge >= 0.3 is 0 Å². The van der Waals surface area contributed by atoms with Crippen LogP contribution in [0.2, 0.25) is 0 Å². The molecule has 0 aromatic carbocycles. The zero-order chi connectivity index (χ0) is 18.8. The van der Waals surface area contributed by atoms with Crippen LogP contribution in [0, 0.1) is 5.92 Å². The third-order valence-corrected chi connectivity index (χ3v) is 4.69. The predicted molar refractivity (Wildman–Crippen MR) is 78.1 cm³/mol. The minimum absolute atomic E-state index is 0.205. The van der Waals surface area contributed by atoms with Gasteiger partial charge in [0.2, 0.25) is 5.79 Å². The highest BCUT2D eigenvalue weighted by molar-refractivity contribution is 4.95. The van der Waals surface area contributed by atoms with Crippen molar-refractivity contribution in [2.75, 3.05) is 33.0 Å². The van der Waals surface area contributed by atoms with Crippen LogP contribution in [0.1, 0.15) is 0 Å². The van der Waals surface area contributed by atoms with Crippen molar-refractivity contribution in [1.82, 2.24) is 0 Å². The molecule has 0 aliphatic carbocycles. The molecule has 0 radical (unpaired) electrons. The second kappa shape index (κ2) is 8.50. The summed E-state index contributed by atoms with van der Waals surface area (Å²) in [5, 5.41) is 76.8. The monoisotopic (exact) mass is 370 g/mol. The van der Waals surface area contributed by atoms with Gasteiger partial charge in [-0.3, -0.25) is 0 Å². The Morgan fingerprint density at radius 2 is 1.40 bits per heavy atom. The summed E-state index contributed by atoms with van der Waals surface area (Å²) in [5.41, 5.74) is 0. The zero-order valence-electron chi connectivity index (χ0n) is 13.5. The minimum Gasteiger partial charge on any atom is -0.394 e. The van der Waals surface area contributed by atoms with Gasteiger partial charge < -0.3 is 55.1 Å². The second-order valence-corrected chi connectivity index (χ2v) is 6.36. The summed E-state index contributed by atoms with van der Waals surface area (Å²) >= 11 is 0. The van der Waals surface area contributed by atoms with Crippen molar-refractivity contribution in [3.63, 3.8) is 0 Å². The Kier molecular flexibility index (Phi) is 7.09. The average molecular weight is 370 g/mol. The molecule has 11 nitrogen and oxygen atoms in total. The largest absolute Gasteiger partial charge is 0.394 e. The maximum atomic E-state index is 10.0. The quantitative estimate of drug-likeness (QED) is 0.214. The Balaban J connectivity index is 1.91. The molecule has 2 rings (SSSR count). The fraction of sp³-hybridized carbons (Fsp3) is 1.00. The maximum Gasteiger partial charge on any atom is 0.216 e. The molecule has 2 heterocycles. The Labute approximate surface area is 143 Å². The van der Waals surface area contributed by atoms with Gasteiger partial charge in [0.05, 0.1) is 39.1 Å². The molecule has 2 saturated heterocycles. The standard InChI is InChI=1S/C14H26O11/c15-1-7-6(13(21)14(22,5-17)25-7)3-23-4-9-11(19)12(20)10(18)8(2-16)24-9/h6-13,15-22H,1-5H2/t6-,7?,8?,9+,10+,11?,12-,13-,14?/m1/s1. The van der Waals surface area contributed by atoms with Crippen LogP contribution in [0.4, 0.5) is 0 Å². The van der Waals surface area contributed by atoms with Crippen molar-refractivity contribution in [1.29, 1.82) is 0 Å². The predicted octanol–water partition coefficient (Wildman–Crippen LogP) is -5.11. The van der Waals surface area contributed by atoms with Crippen LogP contribution in [-0.2, 0) is 14.2 Å². The third-order valence-electron chi connectivity index (χ3n) is 4.69. The van der Waals surface area contributed by atoms with Crippen molar-refractivity contribution in [2.24, 2.45) is 5.92 Å². The van der Waals surface area contributed by atoms with Crippen molar-refractivity contribution in [3.8, 4) is 0 Å². The summed E-state index contributed by atoms with van der Waals surface area (Å²) in [4.78, 5) is 0. The zero-order valence-corrected chi connectivity index (χ0v) is 13.5. The SMILES string of the molecule is OCC1OC(O)(CO)[C@H](O)[C@@H]1COC[C@@H]1OC(CO)[C@H](O)[C@@H](O)C1O. The van der Waals surface area contributed by atoms with Crippen LogP contribution in [0.15, 0.2) is 0 Å². The summed E-state index contributed by atoms with van der Waals surface area (Å²) in [6.07, 6.45) is -9.03. The molecule has 4 unspecified atom stereocenters. The van der Waals surface area contributed by atoms with Gasteiger partial charge in [0.15, 0.2) is 0 Å². The molecule has 9 atom stereocenters. The van der Waals surface area contributed by atoms with Gasteiger partial charge in [-0.15, -0.1) is 0 Å². The second-order valence-electron chi connectivity index (χ2n) is 6.36. The van der Waals surface area contributed by atoms with Crippen LogP contribution < -0.4 is 0 Å². The van der Waals surface area contributed by atoms with E-state index in [0.29, 0.717) is 0 Å². The summed E-state index contributed by atoms with van der Waals surface area (Å²) in [5.74, 6) is -3.06. The van der Waals surface area contributed by atoms with Crippen LogP contribution >= 0.6 is 0 Å². The van der Waals surface area contributed by atoms with Crippen molar-refractivity contribution in [2.45, 2.75) is 48.5 Å². The van der Waals surface area contributed by atoms with E-state index in [4.69, 9.17) is 24.4 Å². The van der Waals surface area contributed by atoms with Crippen molar-refractivity contribution < 1.29 is 55.1 Å². The smallest absolute Gasteiger partial charge is 0.216 e. The average Bonchev–Trinajstić information content (AvgIpc) is 2.86. The van der Waals surface area contributed by atoms with E-state index in [-0.39, 0.29) is 13.2 Å². The van der Waals surface area contributed by atoms with Gasteiger partial charge in [-0.25, -0.2) is 0 Å². The van der Waals surface area contributed by atoms with E-state index in [9.17, 15) is 30.6 Å². The van der Waals surface area contributed by atoms with Gasteiger partial charge in [-0.1, -0.05) is 0 Å². The highest BCUT2D eigenvalue weighted by Gasteiger charge is 2.53. The van der Waals surface area contributed by atoms with Gasteiger partial charge in [-0.2, -0.15) is 0 Å². The molecule has 0 aromatic heterocycles. The summed E-state index contributed by atoms with van der Waals surface area (Å²) in [6.45, 7) is -2.40. The number of rotatable bonds is 7. The minimum atomic E-state index is -2.20. The van der Waals surface area contributed by atoms with E-state index in [1.165, 1.54) is 0 Å². The van der Waals surface area contributed by atoms with E-state index < -0.39 is 74.3 Å². The first-order chi connectivity index (χ1) is 11.8. The van der Waals surface area contributed by atoms with Gasteiger partial charge in [0.1, 0.15) is 36.6 Å². The third kappa shape index (κ3) is 4.12. The Hall–Kier alpha value is -0.440. The first-order valence-electron chi connectivity index (χ1n) is 7.97. The van der Waals surface area contributed by atoms with E-state index in [0.717, 1.165) is 0 Å². The van der Waals surface area contributed by atoms with Gasteiger partial charge in [0, 0.05) is 5.92 Å². The highest BCUT2D eigenvalue weighted by Crippen LogP contribution is 2.34. The van der Waals surface area contributed by atoms with Crippen LogP contribution in [0.5, 0.6) is 0 Å². The van der Waals surface area contributed by atoms with Gasteiger partial charge in [0.25, 0.3) is 0 Å². The number of hydrogen-bond donors (Lipinski definition) is 8. The summed E-state index contributed by atoms with van der Waals surface area (Å²) in [6, 6.07) is 0. The lowest BCUT2D eigenvalue weighted by Gasteiger charge is -2.40. The van der Waals surface area contributed by atoms with Crippen molar-refractivity contribution in [3.05, 3.63) is 0 Å². The van der Waals surface area contributed by atoms with E-state index in [1.807, 2.05) is 0 Å². The molecular formula is C14H26O11. The number of aliphatic hydroxyl groups excluding tert-OH is 7. The van der Waals surface area contributed by atoms with Crippen LogP contribution in [-0.4, -0.2) is 122 Å². The fourth-order valence-electron chi connectivity index (χ4n) is 3.10. The summed E-state index contributed by atoms with van der Waals surface area (Å²) < 4.78 is 15.7. The molecule has 0 bridgehead atoms. The Bertz CT molecular complexity index is 422. The van der Waals surface area contributed by atoms with E-state index in [2.05, 4.69) is 0 Å². The molecule has 25 heavy (non-hydrogen) atoms. The van der Waals surface area contributed by atoms with Crippen LogP contribution in [0.25, 0.3) is 0 Å². The lowest BCUT2D eigenvalue weighted by Crippen LogP contribution is -2.59. The fourth-order valence-corrected chi connectivity index (χ4v) is 3.10. The molecule has 11 heteroatoms. The number of aliphatic hydroxyl groups is 8. The lowest BCUT2D eigenvalue weighted by atomic mass is 9.95. The summed E-state index contributed by atoms with van der Waals surface area (Å²) in [7, 11) is 0. The number of ether oxygens (including phenoxy) is 3. The molecule has 0 spiro atoms. The molecule has 2 aliphatic heterocycles. The molecule has 0 amide bonds. The molecular weight excluding hydrogens is 344 g/mol. The first kappa shape index (κ1) is 20.9. The van der Waals surface area contributed by atoms with Gasteiger partial charge in [-0.05, 0) is 0 Å². The van der Waals surface area contributed by atoms with E-state index >= 15 is 0 Å². The Morgan fingerprint density at radius 3 is 1.96 bits per heavy atom. The highest BCUT2D eigenvalue weighted by atomic mass is 16.7. The molecule has 0 aromatic rings. The molecule has 0 saturated carbocycles. The van der Waals surface area contributed by atoms with Crippen molar-refractivity contribution >= 4 is 0 Å². The lowest BCUT2D eigenvalue weighted by molar-refractivity contribution is -0.248. The topological polar surface area (TPSA) is 190 Å². The molecule has 2 aliphatic rings. The number of hydrogen-bond acceptors (Lipinski definition) is 11.